The third-order valence-electron chi connectivity index (χ3n) is 4.77. The summed E-state index contributed by atoms with van der Waals surface area (Å²) in [7, 11) is 3.57. The Balaban J connectivity index is 2.94. The maximum absolute atomic E-state index is 5.75. The molecule has 0 aliphatic carbocycles. The minimum Gasteiger partial charge on any atom is -0.385 e. The lowest BCUT2D eigenvalue weighted by atomic mass is 10.1. The summed E-state index contributed by atoms with van der Waals surface area (Å²) in [6, 6.07) is 0. The van der Waals surface area contributed by atoms with Crippen LogP contribution in [0.5, 0.6) is 0 Å². The largest absolute Gasteiger partial charge is 0.385 e. The Morgan fingerprint density at radius 2 is 0.560 bits per heavy atom. The van der Waals surface area contributed by atoms with Crippen molar-refractivity contribution >= 4 is 0 Å². The molecule has 0 N–H and O–H groups in total. The van der Waals surface area contributed by atoms with Crippen LogP contribution in [0.3, 0.4) is 0 Å². The number of rotatable bonds is 22. The summed E-state index contributed by atoms with van der Waals surface area (Å²) >= 11 is 0. The molecule has 0 heterocycles. The molecule has 0 rings (SSSR count). The smallest absolute Gasteiger partial charge is 0.0466 e. The van der Waals surface area contributed by atoms with Gasteiger partial charge in [-0.3, -0.25) is 0 Å². The fraction of sp³-hybridized carbons (Fsp3) is 1.00. The summed E-state index contributed by atoms with van der Waals surface area (Å²) < 4.78 is 15.9. The molecular weight excluding hydrogens is 312 g/mol. The third kappa shape index (κ3) is 23.9. The molecular formula is C22H46O3. The number of methoxy groups -OCH3 is 2. The Bertz CT molecular complexity index is 199. The van der Waals surface area contributed by atoms with Crippen LogP contribution in [0.2, 0.25) is 0 Å². The molecule has 0 aliphatic rings. The molecule has 0 saturated carbocycles. The highest BCUT2D eigenvalue weighted by molar-refractivity contribution is 4.48. The van der Waals surface area contributed by atoms with E-state index in [2.05, 4.69) is 0 Å². The van der Waals surface area contributed by atoms with Gasteiger partial charge in [0.25, 0.3) is 0 Å². The Morgan fingerprint density at radius 1 is 0.320 bits per heavy atom. The molecule has 0 aromatic rings. The molecule has 0 bridgehead atoms. The second kappa shape index (κ2) is 23.9. The van der Waals surface area contributed by atoms with E-state index in [0.29, 0.717) is 0 Å². The zero-order valence-electron chi connectivity index (χ0n) is 17.4. The Labute approximate surface area is 158 Å². The van der Waals surface area contributed by atoms with Crippen LogP contribution in [-0.2, 0) is 14.2 Å². The molecule has 0 atom stereocenters. The number of unbranched alkanes of at least 4 members (excludes halogenated alkanes) is 14. The third-order valence-corrected chi connectivity index (χ3v) is 4.77. The van der Waals surface area contributed by atoms with Crippen LogP contribution in [0.25, 0.3) is 0 Å². The number of hydrogen-bond donors (Lipinski definition) is 0. The molecule has 3 heteroatoms. The molecule has 0 radical (unpaired) electrons. The fourth-order valence-electron chi connectivity index (χ4n) is 3.12. The van der Waals surface area contributed by atoms with Crippen LogP contribution >= 0.6 is 0 Å². The van der Waals surface area contributed by atoms with Crippen molar-refractivity contribution in [1.29, 1.82) is 0 Å². The van der Waals surface area contributed by atoms with Crippen molar-refractivity contribution < 1.29 is 14.2 Å². The Morgan fingerprint density at radius 3 is 0.840 bits per heavy atom. The summed E-state index contributed by atoms with van der Waals surface area (Å²) in [5.41, 5.74) is 0. The van der Waals surface area contributed by atoms with Crippen LogP contribution in [0.15, 0.2) is 0 Å². The molecule has 0 aliphatic heterocycles. The molecule has 25 heavy (non-hydrogen) atoms. The van der Waals surface area contributed by atoms with Gasteiger partial charge in [-0.1, -0.05) is 77.0 Å². The van der Waals surface area contributed by atoms with Gasteiger partial charge in [0.1, 0.15) is 0 Å². The zero-order chi connectivity index (χ0) is 18.3. The summed E-state index contributed by atoms with van der Waals surface area (Å²) in [6.07, 6.45) is 21.3. The topological polar surface area (TPSA) is 27.7 Å². The van der Waals surface area contributed by atoms with E-state index < -0.39 is 0 Å². The first-order chi connectivity index (χ1) is 12.4. The minimum atomic E-state index is 0.923. The predicted octanol–water partition coefficient (Wildman–Crippen LogP) is 6.54. The number of ether oxygens (including phenoxy) is 3. The van der Waals surface area contributed by atoms with Gasteiger partial charge in [-0.05, 0) is 25.7 Å². The van der Waals surface area contributed by atoms with E-state index in [1.54, 1.807) is 14.2 Å². The van der Waals surface area contributed by atoms with Gasteiger partial charge in [-0.25, -0.2) is 0 Å². The fourth-order valence-corrected chi connectivity index (χ4v) is 3.12. The summed E-state index contributed by atoms with van der Waals surface area (Å²) in [6.45, 7) is 3.78. The molecule has 0 unspecified atom stereocenters. The Hall–Kier alpha value is -0.120. The van der Waals surface area contributed by atoms with Gasteiger partial charge >= 0.3 is 0 Å². The highest BCUT2D eigenvalue weighted by Crippen LogP contribution is 2.10. The van der Waals surface area contributed by atoms with Crippen LogP contribution < -0.4 is 0 Å². The van der Waals surface area contributed by atoms with Crippen molar-refractivity contribution in [3.63, 3.8) is 0 Å². The maximum Gasteiger partial charge on any atom is 0.0466 e. The highest BCUT2D eigenvalue weighted by Gasteiger charge is 1.95. The molecule has 152 valence electrons. The van der Waals surface area contributed by atoms with Crippen LogP contribution in [0, 0.1) is 0 Å². The van der Waals surface area contributed by atoms with E-state index in [0.717, 1.165) is 26.4 Å². The first kappa shape index (κ1) is 24.9. The van der Waals surface area contributed by atoms with Crippen molar-refractivity contribution in [3.05, 3.63) is 0 Å². The standard InChI is InChI=1S/C22H46O3/c1-23-19-15-11-7-3-5-9-13-17-21-25-22-18-14-10-6-4-8-12-16-20-24-2/h3-22H2,1-2H3. The average Bonchev–Trinajstić information content (AvgIpc) is 2.63. The zero-order valence-corrected chi connectivity index (χ0v) is 17.4. The summed E-state index contributed by atoms with van der Waals surface area (Å²) in [5, 5.41) is 0. The molecule has 0 aromatic carbocycles. The minimum absolute atomic E-state index is 0.923. The van der Waals surface area contributed by atoms with Crippen molar-refractivity contribution in [1.82, 2.24) is 0 Å². The predicted molar refractivity (Wildman–Crippen MR) is 108 cm³/mol. The maximum atomic E-state index is 5.75. The van der Waals surface area contributed by atoms with Crippen molar-refractivity contribution in [2.24, 2.45) is 0 Å². The highest BCUT2D eigenvalue weighted by atomic mass is 16.5. The van der Waals surface area contributed by atoms with Gasteiger partial charge in [0.15, 0.2) is 0 Å². The van der Waals surface area contributed by atoms with E-state index in [4.69, 9.17) is 14.2 Å². The quantitative estimate of drug-likeness (QED) is 0.206. The van der Waals surface area contributed by atoms with Gasteiger partial charge < -0.3 is 14.2 Å². The van der Waals surface area contributed by atoms with E-state index in [1.807, 2.05) is 0 Å². The first-order valence-electron chi connectivity index (χ1n) is 11.0. The second-order valence-electron chi connectivity index (χ2n) is 7.25. The lowest BCUT2D eigenvalue weighted by Gasteiger charge is -2.05. The molecule has 3 nitrogen and oxygen atoms in total. The lowest BCUT2D eigenvalue weighted by molar-refractivity contribution is 0.125. The van der Waals surface area contributed by atoms with Gasteiger partial charge in [-0.2, -0.15) is 0 Å². The van der Waals surface area contributed by atoms with E-state index in [1.165, 1.54) is 103 Å². The molecule has 0 spiro atoms. The van der Waals surface area contributed by atoms with Crippen LogP contribution in [0.1, 0.15) is 103 Å². The van der Waals surface area contributed by atoms with Gasteiger partial charge in [0.05, 0.1) is 0 Å². The molecule has 0 saturated heterocycles. The molecule has 0 amide bonds. The summed E-state index contributed by atoms with van der Waals surface area (Å²) in [5.74, 6) is 0. The molecule has 0 fully saturated rings. The van der Waals surface area contributed by atoms with Crippen molar-refractivity contribution in [3.8, 4) is 0 Å². The van der Waals surface area contributed by atoms with Crippen molar-refractivity contribution in [2.75, 3.05) is 40.6 Å². The van der Waals surface area contributed by atoms with E-state index in [-0.39, 0.29) is 0 Å². The lowest BCUT2D eigenvalue weighted by Crippen LogP contribution is -1.97. The van der Waals surface area contributed by atoms with E-state index >= 15 is 0 Å². The van der Waals surface area contributed by atoms with Crippen molar-refractivity contribution in [2.45, 2.75) is 103 Å². The first-order valence-corrected chi connectivity index (χ1v) is 11.0. The summed E-state index contributed by atoms with van der Waals surface area (Å²) in [4.78, 5) is 0. The van der Waals surface area contributed by atoms with Gasteiger partial charge in [0, 0.05) is 40.6 Å². The normalized spacial score (nSPS) is 11.3. The van der Waals surface area contributed by atoms with Crippen LogP contribution in [0.4, 0.5) is 0 Å². The molecule has 0 aromatic heterocycles. The monoisotopic (exact) mass is 358 g/mol. The van der Waals surface area contributed by atoms with Gasteiger partial charge in [-0.15, -0.1) is 0 Å². The van der Waals surface area contributed by atoms with Gasteiger partial charge in [0.2, 0.25) is 0 Å². The Kier molecular flexibility index (Phi) is 23.8. The van der Waals surface area contributed by atoms with E-state index in [9.17, 15) is 0 Å². The average molecular weight is 359 g/mol. The second-order valence-corrected chi connectivity index (χ2v) is 7.25. The van der Waals surface area contributed by atoms with Crippen LogP contribution in [-0.4, -0.2) is 40.6 Å². The SMILES string of the molecule is COCCCCCCCCCCOCCCCCCCCCCOC. The number of hydrogen-bond acceptors (Lipinski definition) is 3.